The number of ketones is 1. The van der Waals surface area contributed by atoms with Crippen molar-refractivity contribution in [2.75, 3.05) is 4.90 Å². The standard InChI is InChI=1S/C24H22ClN3O/c1-24(2)12-19-22(20(29)13-24)21(15-8-10-16(25)11-9-15)18(14-26)23(27)28(19)17-6-4-3-5-7-17/h3-11,21H,12-13,27H2,1-2H3/t21-/m1/s1. The molecule has 5 heteroatoms. The van der Waals surface area contributed by atoms with Crippen molar-refractivity contribution in [2.24, 2.45) is 11.1 Å². The van der Waals surface area contributed by atoms with Crippen LogP contribution in [-0.2, 0) is 4.79 Å². The van der Waals surface area contributed by atoms with E-state index in [-0.39, 0.29) is 11.2 Å². The van der Waals surface area contributed by atoms with Crippen LogP contribution in [0.5, 0.6) is 0 Å². The molecule has 29 heavy (non-hydrogen) atoms. The minimum Gasteiger partial charge on any atom is -0.384 e. The number of nitrogens with two attached hydrogens (primary N) is 1. The van der Waals surface area contributed by atoms with Gasteiger partial charge < -0.3 is 5.73 Å². The largest absolute Gasteiger partial charge is 0.384 e. The fourth-order valence-corrected chi connectivity index (χ4v) is 4.50. The van der Waals surface area contributed by atoms with Crippen molar-refractivity contribution >= 4 is 23.1 Å². The average Bonchev–Trinajstić information content (AvgIpc) is 2.67. The maximum absolute atomic E-state index is 13.4. The molecule has 0 spiro atoms. The maximum Gasteiger partial charge on any atom is 0.162 e. The maximum atomic E-state index is 13.4. The molecule has 1 heterocycles. The minimum absolute atomic E-state index is 0.0670. The molecular weight excluding hydrogens is 382 g/mol. The van der Waals surface area contributed by atoms with Crippen LogP contribution in [0, 0.1) is 16.7 Å². The Morgan fingerprint density at radius 2 is 1.76 bits per heavy atom. The summed E-state index contributed by atoms with van der Waals surface area (Å²) in [6.45, 7) is 4.18. The Balaban J connectivity index is 1.99. The number of nitrogens with zero attached hydrogens (tertiary/aromatic N) is 2. The van der Waals surface area contributed by atoms with E-state index in [1.54, 1.807) is 12.1 Å². The zero-order valence-corrected chi connectivity index (χ0v) is 17.2. The first-order valence-corrected chi connectivity index (χ1v) is 9.97. The number of anilines is 1. The van der Waals surface area contributed by atoms with Crippen LogP contribution in [0.2, 0.25) is 5.02 Å². The summed E-state index contributed by atoms with van der Waals surface area (Å²) in [6, 6.07) is 19.3. The van der Waals surface area contributed by atoms with Crippen LogP contribution in [0.25, 0.3) is 0 Å². The van der Waals surface area contributed by atoms with Crippen LogP contribution in [0.3, 0.4) is 0 Å². The molecule has 0 saturated carbocycles. The predicted octanol–water partition coefficient (Wildman–Crippen LogP) is 5.28. The van der Waals surface area contributed by atoms with Gasteiger partial charge in [-0.1, -0.05) is 55.8 Å². The Hall–Kier alpha value is -3.03. The highest BCUT2D eigenvalue weighted by atomic mass is 35.5. The molecule has 0 fully saturated rings. The van der Waals surface area contributed by atoms with Gasteiger partial charge in [0.1, 0.15) is 5.82 Å². The molecule has 0 radical (unpaired) electrons. The van der Waals surface area contributed by atoms with E-state index in [2.05, 4.69) is 19.9 Å². The lowest BCUT2D eigenvalue weighted by Crippen LogP contribution is -2.42. The molecule has 0 saturated heterocycles. The molecule has 1 aliphatic heterocycles. The molecule has 1 aliphatic carbocycles. The van der Waals surface area contributed by atoms with Crippen molar-refractivity contribution in [1.82, 2.24) is 0 Å². The van der Waals surface area contributed by atoms with Crippen molar-refractivity contribution in [2.45, 2.75) is 32.6 Å². The summed E-state index contributed by atoms with van der Waals surface area (Å²) in [7, 11) is 0. The Morgan fingerprint density at radius 3 is 2.38 bits per heavy atom. The summed E-state index contributed by atoms with van der Waals surface area (Å²) in [4.78, 5) is 15.2. The molecule has 1 atom stereocenters. The number of carbonyl (C=O) groups excluding carboxylic acids is 1. The number of para-hydroxylation sites is 1. The van der Waals surface area contributed by atoms with Gasteiger partial charge in [0.2, 0.25) is 0 Å². The summed E-state index contributed by atoms with van der Waals surface area (Å²) in [6.07, 6.45) is 1.14. The second-order valence-corrected chi connectivity index (χ2v) is 8.80. The third-order valence-corrected chi connectivity index (χ3v) is 5.85. The van der Waals surface area contributed by atoms with Crippen molar-refractivity contribution in [3.05, 3.63) is 87.8 Å². The fraction of sp³-hybridized carbons (Fsp3) is 0.250. The lowest BCUT2D eigenvalue weighted by molar-refractivity contribution is -0.118. The first-order valence-electron chi connectivity index (χ1n) is 9.59. The number of hydrogen-bond acceptors (Lipinski definition) is 4. The zero-order chi connectivity index (χ0) is 20.8. The van der Waals surface area contributed by atoms with Gasteiger partial charge in [-0.2, -0.15) is 5.26 Å². The fourth-order valence-electron chi connectivity index (χ4n) is 4.37. The van der Waals surface area contributed by atoms with Gasteiger partial charge in [-0.15, -0.1) is 0 Å². The average molecular weight is 404 g/mol. The van der Waals surface area contributed by atoms with E-state index < -0.39 is 5.92 Å². The molecule has 2 aromatic rings. The number of carbonyl (C=O) groups is 1. The summed E-state index contributed by atoms with van der Waals surface area (Å²) in [5, 5.41) is 10.6. The Labute approximate surface area is 175 Å². The second kappa shape index (κ2) is 7.09. The van der Waals surface area contributed by atoms with Crippen molar-refractivity contribution in [3.63, 3.8) is 0 Å². The number of allylic oxidation sites excluding steroid dienone is 3. The van der Waals surface area contributed by atoms with Gasteiger partial charge in [0.25, 0.3) is 0 Å². The topological polar surface area (TPSA) is 70.1 Å². The highest BCUT2D eigenvalue weighted by Crippen LogP contribution is 2.50. The van der Waals surface area contributed by atoms with E-state index in [0.717, 1.165) is 16.9 Å². The van der Waals surface area contributed by atoms with Crippen LogP contribution in [0.4, 0.5) is 5.69 Å². The van der Waals surface area contributed by atoms with Gasteiger partial charge in [0.05, 0.1) is 17.6 Å². The van der Waals surface area contributed by atoms with E-state index in [0.29, 0.717) is 34.8 Å². The van der Waals surface area contributed by atoms with E-state index in [4.69, 9.17) is 17.3 Å². The summed E-state index contributed by atoms with van der Waals surface area (Å²) in [5.41, 5.74) is 10.0. The van der Waals surface area contributed by atoms with Crippen LogP contribution in [0.15, 0.2) is 77.3 Å². The van der Waals surface area contributed by atoms with Crippen LogP contribution in [0.1, 0.15) is 38.2 Å². The predicted molar refractivity (Wildman–Crippen MR) is 115 cm³/mol. The zero-order valence-electron chi connectivity index (χ0n) is 16.4. The van der Waals surface area contributed by atoms with E-state index in [9.17, 15) is 10.1 Å². The monoisotopic (exact) mass is 403 g/mol. The number of halogens is 1. The second-order valence-electron chi connectivity index (χ2n) is 8.37. The molecule has 4 nitrogen and oxygen atoms in total. The first-order chi connectivity index (χ1) is 13.8. The molecule has 2 aromatic carbocycles. The van der Waals surface area contributed by atoms with E-state index in [1.165, 1.54) is 0 Å². The molecule has 0 amide bonds. The first kappa shape index (κ1) is 19.3. The third-order valence-electron chi connectivity index (χ3n) is 5.60. The normalized spacial score (nSPS) is 21.1. The van der Waals surface area contributed by atoms with Gasteiger partial charge in [-0.3, -0.25) is 9.69 Å². The van der Waals surface area contributed by atoms with Crippen molar-refractivity contribution in [3.8, 4) is 6.07 Å². The van der Waals surface area contributed by atoms with Crippen LogP contribution in [-0.4, -0.2) is 5.78 Å². The Bertz CT molecular complexity index is 1080. The van der Waals surface area contributed by atoms with E-state index in [1.807, 2.05) is 47.4 Å². The number of rotatable bonds is 2. The number of hydrogen-bond donors (Lipinski definition) is 1. The number of nitriles is 1. The Kier molecular flexibility index (Phi) is 4.72. The minimum atomic E-state index is -0.476. The van der Waals surface area contributed by atoms with Gasteiger partial charge in [0, 0.05) is 28.4 Å². The van der Waals surface area contributed by atoms with Crippen LogP contribution >= 0.6 is 11.6 Å². The molecule has 2 N–H and O–H groups in total. The van der Waals surface area contributed by atoms with Crippen molar-refractivity contribution < 1.29 is 4.79 Å². The molecule has 146 valence electrons. The third kappa shape index (κ3) is 3.32. The quantitative estimate of drug-likeness (QED) is 0.740. The van der Waals surface area contributed by atoms with Gasteiger partial charge in [-0.05, 0) is 41.7 Å². The molecule has 0 aromatic heterocycles. The number of Topliss-reactive ketones (excluding diaryl/α,β-unsaturated/α-hetero) is 1. The summed E-state index contributed by atoms with van der Waals surface area (Å²) >= 11 is 6.07. The Morgan fingerprint density at radius 1 is 1.10 bits per heavy atom. The number of benzene rings is 2. The molecule has 4 rings (SSSR count). The van der Waals surface area contributed by atoms with Gasteiger partial charge >= 0.3 is 0 Å². The van der Waals surface area contributed by atoms with E-state index >= 15 is 0 Å². The highest BCUT2D eigenvalue weighted by Gasteiger charge is 2.44. The SMILES string of the molecule is CC1(C)CC(=O)C2=C(C1)N(c1ccccc1)C(N)=C(C#N)[C@H]2c1ccc(Cl)cc1. The lowest BCUT2D eigenvalue weighted by atomic mass is 9.68. The van der Waals surface area contributed by atoms with Crippen molar-refractivity contribution in [1.29, 1.82) is 5.26 Å². The molecule has 2 aliphatic rings. The smallest absolute Gasteiger partial charge is 0.162 e. The molecule has 0 unspecified atom stereocenters. The highest BCUT2D eigenvalue weighted by molar-refractivity contribution is 6.30. The summed E-state index contributed by atoms with van der Waals surface area (Å²) in [5.74, 6) is -0.0314. The molecule has 0 bridgehead atoms. The summed E-state index contributed by atoms with van der Waals surface area (Å²) < 4.78 is 0. The van der Waals surface area contributed by atoms with Gasteiger partial charge in [-0.25, -0.2) is 0 Å². The van der Waals surface area contributed by atoms with Gasteiger partial charge in [0.15, 0.2) is 5.78 Å². The van der Waals surface area contributed by atoms with Crippen LogP contribution < -0.4 is 10.6 Å². The molecular formula is C24H22ClN3O. The lowest BCUT2D eigenvalue weighted by Gasteiger charge is -2.43.